The van der Waals surface area contributed by atoms with Gasteiger partial charge in [0.15, 0.2) is 0 Å². The van der Waals surface area contributed by atoms with E-state index in [-0.39, 0.29) is 5.91 Å². The summed E-state index contributed by atoms with van der Waals surface area (Å²) < 4.78 is 5.23. The van der Waals surface area contributed by atoms with Crippen LogP contribution >= 0.6 is 0 Å². The number of aromatic nitrogens is 2. The minimum absolute atomic E-state index is 0.206. The molecule has 1 aliphatic rings. The fourth-order valence-corrected chi connectivity index (χ4v) is 3.15. The molecular weight excluding hydrogens is 342 g/mol. The number of hydrogen-bond donors (Lipinski definition) is 1. The van der Waals surface area contributed by atoms with Crippen LogP contribution in [0.3, 0.4) is 0 Å². The minimum atomic E-state index is 0.206. The maximum absolute atomic E-state index is 12.4. The Morgan fingerprint density at radius 1 is 1.11 bits per heavy atom. The lowest BCUT2D eigenvalue weighted by molar-refractivity contribution is -0.131. The second-order valence-corrected chi connectivity index (χ2v) is 6.52. The average molecular weight is 369 g/mol. The normalized spacial score (nSPS) is 14.3. The van der Waals surface area contributed by atoms with Crippen molar-refractivity contribution in [3.05, 3.63) is 48.3 Å². The molecule has 3 rings (SSSR count). The predicted octanol–water partition coefficient (Wildman–Crippen LogP) is 1.36. The first-order valence-electron chi connectivity index (χ1n) is 9.39. The highest BCUT2D eigenvalue weighted by atomic mass is 16.5. The van der Waals surface area contributed by atoms with E-state index in [1.54, 1.807) is 19.5 Å². The molecule has 2 heterocycles. The van der Waals surface area contributed by atoms with Crippen molar-refractivity contribution in [3.63, 3.8) is 0 Å². The second-order valence-electron chi connectivity index (χ2n) is 6.52. The zero-order chi connectivity index (χ0) is 18.9. The molecule has 144 valence electrons. The Morgan fingerprint density at radius 3 is 2.63 bits per heavy atom. The molecule has 1 saturated heterocycles. The van der Waals surface area contributed by atoms with E-state index in [1.165, 1.54) is 5.56 Å². The summed E-state index contributed by atoms with van der Waals surface area (Å²) in [6.07, 6.45) is 4.94. The first-order chi connectivity index (χ1) is 13.3. The number of amides is 1. The molecule has 0 aliphatic carbocycles. The molecule has 0 spiro atoms. The maximum Gasteiger partial charge on any atom is 0.225 e. The lowest BCUT2D eigenvalue weighted by Gasteiger charge is -2.34. The van der Waals surface area contributed by atoms with Gasteiger partial charge in [-0.05, 0) is 36.7 Å². The molecular formula is C20H27N5O2. The zero-order valence-electron chi connectivity index (χ0n) is 15.8. The molecule has 0 bridgehead atoms. The fourth-order valence-electron chi connectivity index (χ4n) is 3.15. The highest BCUT2D eigenvalue weighted by Gasteiger charge is 2.21. The Hall–Kier alpha value is -2.67. The summed E-state index contributed by atoms with van der Waals surface area (Å²) in [5.41, 5.74) is 1.23. The van der Waals surface area contributed by atoms with Gasteiger partial charge in [0.05, 0.1) is 7.11 Å². The van der Waals surface area contributed by atoms with Crippen molar-refractivity contribution in [1.29, 1.82) is 0 Å². The smallest absolute Gasteiger partial charge is 0.225 e. The van der Waals surface area contributed by atoms with Crippen LogP contribution in [0.1, 0.15) is 12.0 Å². The van der Waals surface area contributed by atoms with E-state index in [0.29, 0.717) is 13.0 Å². The quantitative estimate of drug-likeness (QED) is 0.709. The molecule has 1 aromatic heterocycles. The van der Waals surface area contributed by atoms with E-state index in [1.807, 2.05) is 29.2 Å². The van der Waals surface area contributed by atoms with E-state index in [9.17, 15) is 4.79 Å². The van der Waals surface area contributed by atoms with Gasteiger partial charge in [0.1, 0.15) is 5.75 Å². The third-order valence-electron chi connectivity index (χ3n) is 4.71. The van der Waals surface area contributed by atoms with Gasteiger partial charge in [-0.1, -0.05) is 12.1 Å². The number of carbonyl (C=O) groups excluding carboxylic acids is 1. The Labute approximate surface area is 160 Å². The number of hydrogen-bond acceptors (Lipinski definition) is 6. The van der Waals surface area contributed by atoms with Crippen molar-refractivity contribution >= 4 is 11.9 Å². The van der Waals surface area contributed by atoms with Crippen LogP contribution in [-0.2, 0) is 11.2 Å². The highest BCUT2D eigenvalue weighted by molar-refractivity contribution is 5.76. The SMILES string of the molecule is COc1cccc(CCNCCC(=O)N2CCN(c3ncccn3)CC2)c1. The lowest BCUT2D eigenvalue weighted by atomic mass is 10.1. The molecule has 0 saturated carbocycles. The van der Waals surface area contributed by atoms with Crippen molar-refractivity contribution < 1.29 is 9.53 Å². The van der Waals surface area contributed by atoms with Crippen molar-refractivity contribution in [2.75, 3.05) is 51.3 Å². The summed E-state index contributed by atoms with van der Waals surface area (Å²) in [7, 11) is 1.68. The first kappa shape index (κ1) is 19.1. The molecule has 2 aromatic rings. The van der Waals surface area contributed by atoms with Crippen LogP contribution in [0.15, 0.2) is 42.7 Å². The van der Waals surface area contributed by atoms with Crippen molar-refractivity contribution in [1.82, 2.24) is 20.2 Å². The number of benzene rings is 1. The number of ether oxygens (including phenoxy) is 1. The molecule has 1 N–H and O–H groups in total. The van der Waals surface area contributed by atoms with Gasteiger partial charge in [-0.15, -0.1) is 0 Å². The second kappa shape index (κ2) is 9.87. The Morgan fingerprint density at radius 2 is 1.89 bits per heavy atom. The molecule has 0 radical (unpaired) electrons. The number of rotatable bonds is 8. The molecule has 0 atom stereocenters. The van der Waals surface area contributed by atoms with Crippen LogP contribution in [0.4, 0.5) is 5.95 Å². The van der Waals surface area contributed by atoms with Crippen LogP contribution in [0.25, 0.3) is 0 Å². The van der Waals surface area contributed by atoms with Gasteiger partial charge < -0.3 is 19.9 Å². The van der Waals surface area contributed by atoms with Crippen LogP contribution < -0.4 is 15.0 Å². The maximum atomic E-state index is 12.4. The number of anilines is 1. The average Bonchev–Trinajstić information content (AvgIpc) is 2.74. The number of nitrogens with zero attached hydrogens (tertiary/aromatic N) is 4. The topological polar surface area (TPSA) is 70.6 Å². The van der Waals surface area contributed by atoms with Gasteiger partial charge in [-0.25, -0.2) is 9.97 Å². The van der Waals surface area contributed by atoms with Gasteiger partial charge >= 0.3 is 0 Å². The first-order valence-corrected chi connectivity index (χ1v) is 9.39. The van der Waals surface area contributed by atoms with Gasteiger partial charge in [0.25, 0.3) is 0 Å². The van der Waals surface area contributed by atoms with Crippen LogP contribution in [0.2, 0.25) is 0 Å². The molecule has 1 amide bonds. The number of piperazine rings is 1. The number of nitrogens with one attached hydrogen (secondary N) is 1. The van der Waals surface area contributed by atoms with E-state index >= 15 is 0 Å². The molecule has 0 unspecified atom stereocenters. The van der Waals surface area contributed by atoms with Crippen LogP contribution in [0, 0.1) is 0 Å². The summed E-state index contributed by atoms with van der Waals surface area (Å²) in [6.45, 7) is 4.55. The zero-order valence-corrected chi connectivity index (χ0v) is 15.8. The fraction of sp³-hybridized carbons (Fsp3) is 0.450. The molecule has 1 aliphatic heterocycles. The third kappa shape index (κ3) is 5.65. The Bertz CT molecular complexity index is 717. The molecule has 1 aromatic carbocycles. The third-order valence-corrected chi connectivity index (χ3v) is 4.71. The van der Waals surface area contributed by atoms with Crippen LogP contribution in [-0.4, -0.2) is 67.2 Å². The molecule has 7 nitrogen and oxygen atoms in total. The summed E-state index contributed by atoms with van der Waals surface area (Å²) in [6, 6.07) is 9.88. The summed E-state index contributed by atoms with van der Waals surface area (Å²) in [4.78, 5) is 25.0. The van der Waals surface area contributed by atoms with E-state index in [0.717, 1.165) is 50.8 Å². The predicted molar refractivity (Wildman–Crippen MR) is 105 cm³/mol. The lowest BCUT2D eigenvalue weighted by Crippen LogP contribution is -2.49. The number of carbonyl (C=O) groups is 1. The number of methoxy groups -OCH3 is 1. The van der Waals surface area contributed by atoms with E-state index in [2.05, 4.69) is 26.3 Å². The van der Waals surface area contributed by atoms with E-state index < -0.39 is 0 Å². The standard InChI is InChI=1S/C20H27N5O2/c1-27-18-5-2-4-17(16-18)6-10-21-11-7-19(26)24-12-14-25(15-13-24)20-22-8-3-9-23-20/h2-5,8-9,16,21H,6-7,10-15H2,1H3. The summed E-state index contributed by atoms with van der Waals surface area (Å²) in [5.74, 6) is 1.82. The van der Waals surface area contributed by atoms with E-state index in [4.69, 9.17) is 4.74 Å². The monoisotopic (exact) mass is 369 g/mol. The van der Waals surface area contributed by atoms with Gasteiger partial charge in [-0.3, -0.25) is 4.79 Å². The Balaban J connectivity index is 1.32. The summed E-state index contributed by atoms with van der Waals surface area (Å²) >= 11 is 0. The minimum Gasteiger partial charge on any atom is -0.497 e. The largest absolute Gasteiger partial charge is 0.497 e. The van der Waals surface area contributed by atoms with Gasteiger partial charge in [-0.2, -0.15) is 0 Å². The van der Waals surface area contributed by atoms with Gasteiger partial charge in [0.2, 0.25) is 11.9 Å². The van der Waals surface area contributed by atoms with Crippen molar-refractivity contribution in [3.8, 4) is 5.75 Å². The van der Waals surface area contributed by atoms with Crippen LogP contribution in [0.5, 0.6) is 5.75 Å². The summed E-state index contributed by atoms with van der Waals surface area (Å²) in [5, 5.41) is 3.36. The van der Waals surface area contributed by atoms with Crippen molar-refractivity contribution in [2.24, 2.45) is 0 Å². The molecule has 1 fully saturated rings. The Kier molecular flexibility index (Phi) is 6.98. The molecule has 27 heavy (non-hydrogen) atoms. The van der Waals surface area contributed by atoms with Gasteiger partial charge in [0, 0.05) is 51.5 Å². The molecule has 7 heteroatoms. The van der Waals surface area contributed by atoms with Crippen molar-refractivity contribution in [2.45, 2.75) is 12.8 Å². The highest BCUT2D eigenvalue weighted by Crippen LogP contribution is 2.13.